The summed E-state index contributed by atoms with van der Waals surface area (Å²) >= 11 is 8.37. The lowest BCUT2D eigenvalue weighted by Crippen LogP contribution is -2.00. The first-order valence-electron chi connectivity index (χ1n) is 5.12. The van der Waals surface area contributed by atoms with Crippen LogP contribution in [0, 0.1) is 10.6 Å². The molecule has 0 amide bonds. The minimum absolute atomic E-state index is 0.328. The topological polar surface area (TPSA) is 46.8 Å². The van der Waals surface area contributed by atoms with Gasteiger partial charge in [0.05, 0.1) is 22.1 Å². The molecule has 2 aromatic heterocycles. The molecule has 3 rings (SSSR count). The Morgan fingerprint density at radius 1 is 1.50 bits per heavy atom. The van der Waals surface area contributed by atoms with Crippen molar-refractivity contribution in [2.45, 2.75) is 6.54 Å². The Kier molecular flexibility index (Phi) is 2.79. The average molecular weight is 328 g/mol. The molecule has 18 heavy (non-hydrogen) atoms. The molecule has 4 nitrogen and oxygen atoms in total. The lowest BCUT2D eigenvalue weighted by Gasteiger charge is -2.02. The SMILES string of the molecule is Fc1cc2c(cc1Br)[nH]c(=S)n2Cc1ccon1. The molecule has 1 aromatic carbocycles. The van der Waals surface area contributed by atoms with Gasteiger partial charge in [-0.05, 0) is 34.2 Å². The van der Waals surface area contributed by atoms with E-state index in [1.165, 1.54) is 12.3 Å². The molecule has 92 valence electrons. The smallest absolute Gasteiger partial charge is 0.178 e. The quantitative estimate of drug-likeness (QED) is 0.731. The highest BCUT2D eigenvalue weighted by Gasteiger charge is 2.10. The van der Waals surface area contributed by atoms with Gasteiger partial charge in [0.25, 0.3) is 0 Å². The molecule has 3 aromatic rings. The van der Waals surface area contributed by atoms with Crippen LogP contribution in [0.5, 0.6) is 0 Å². The molecule has 1 N–H and O–H groups in total. The number of aromatic nitrogens is 3. The normalized spacial score (nSPS) is 11.2. The number of nitrogens with one attached hydrogen (secondary N) is 1. The number of hydrogen-bond donors (Lipinski definition) is 1. The van der Waals surface area contributed by atoms with Crippen LogP contribution in [-0.4, -0.2) is 14.7 Å². The Morgan fingerprint density at radius 3 is 3.06 bits per heavy atom. The van der Waals surface area contributed by atoms with E-state index in [0.29, 0.717) is 21.3 Å². The van der Waals surface area contributed by atoms with E-state index in [0.717, 1.165) is 11.2 Å². The number of H-pyrrole nitrogens is 1. The van der Waals surface area contributed by atoms with E-state index in [9.17, 15) is 4.39 Å². The summed E-state index contributed by atoms with van der Waals surface area (Å²) in [4.78, 5) is 3.03. The number of benzene rings is 1. The molecule has 0 aliphatic heterocycles. The molecule has 0 aliphatic carbocycles. The van der Waals surface area contributed by atoms with Crippen molar-refractivity contribution in [2.24, 2.45) is 0 Å². The van der Waals surface area contributed by atoms with E-state index in [1.807, 2.05) is 0 Å². The Labute approximate surface area is 115 Å². The van der Waals surface area contributed by atoms with Crippen molar-refractivity contribution in [3.05, 3.63) is 45.2 Å². The fourth-order valence-corrected chi connectivity index (χ4v) is 2.41. The monoisotopic (exact) mass is 327 g/mol. The standard InChI is InChI=1S/C11H7BrFN3OS/c12-7-3-9-10(4-8(7)13)16(11(18)14-9)5-6-1-2-17-15-6/h1-4H,5H2,(H,14,18). The highest BCUT2D eigenvalue weighted by molar-refractivity contribution is 9.10. The maximum atomic E-state index is 13.6. The highest BCUT2D eigenvalue weighted by atomic mass is 79.9. The third-order valence-corrected chi connectivity index (χ3v) is 3.56. The summed E-state index contributed by atoms with van der Waals surface area (Å²) in [7, 11) is 0. The van der Waals surface area contributed by atoms with Crippen molar-refractivity contribution < 1.29 is 8.91 Å². The van der Waals surface area contributed by atoms with Crippen LogP contribution in [0.15, 0.2) is 33.5 Å². The molecule has 0 bridgehead atoms. The average Bonchev–Trinajstić information content (AvgIpc) is 2.92. The minimum Gasteiger partial charge on any atom is -0.364 e. The number of halogens is 2. The molecule has 0 spiro atoms. The number of hydrogen-bond acceptors (Lipinski definition) is 3. The maximum Gasteiger partial charge on any atom is 0.178 e. The molecular weight excluding hydrogens is 321 g/mol. The van der Waals surface area contributed by atoms with Gasteiger partial charge in [0.1, 0.15) is 17.8 Å². The third-order valence-electron chi connectivity index (χ3n) is 2.63. The van der Waals surface area contributed by atoms with Gasteiger partial charge in [-0.1, -0.05) is 5.16 Å². The molecule has 0 saturated heterocycles. The molecule has 0 saturated carbocycles. The van der Waals surface area contributed by atoms with E-state index in [2.05, 4.69) is 26.1 Å². The first-order valence-corrected chi connectivity index (χ1v) is 6.32. The van der Waals surface area contributed by atoms with Crippen molar-refractivity contribution in [1.82, 2.24) is 14.7 Å². The van der Waals surface area contributed by atoms with Gasteiger partial charge in [0, 0.05) is 12.1 Å². The van der Waals surface area contributed by atoms with Crippen LogP contribution in [0.1, 0.15) is 5.69 Å². The second-order valence-corrected chi connectivity index (χ2v) is 5.03. The second kappa shape index (κ2) is 4.33. The van der Waals surface area contributed by atoms with E-state index < -0.39 is 0 Å². The number of fused-ring (bicyclic) bond motifs is 1. The molecule has 2 heterocycles. The van der Waals surface area contributed by atoms with Crippen molar-refractivity contribution in [3.8, 4) is 0 Å². The molecule has 0 atom stereocenters. The summed E-state index contributed by atoms with van der Waals surface area (Å²) in [6.07, 6.45) is 1.49. The maximum absolute atomic E-state index is 13.6. The van der Waals surface area contributed by atoms with Crippen LogP contribution in [0.2, 0.25) is 0 Å². The summed E-state index contributed by atoms with van der Waals surface area (Å²) in [5.41, 5.74) is 2.20. The fraction of sp³-hybridized carbons (Fsp3) is 0.0909. The van der Waals surface area contributed by atoms with Gasteiger partial charge < -0.3 is 14.1 Å². The van der Waals surface area contributed by atoms with E-state index in [-0.39, 0.29) is 5.82 Å². The van der Waals surface area contributed by atoms with E-state index in [4.69, 9.17) is 16.7 Å². The van der Waals surface area contributed by atoms with Crippen molar-refractivity contribution in [1.29, 1.82) is 0 Å². The van der Waals surface area contributed by atoms with Gasteiger partial charge >= 0.3 is 0 Å². The Bertz CT molecular complexity index is 763. The van der Waals surface area contributed by atoms with Crippen molar-refractivity contribution >= 4 is 39.2 Å². The zero-order valence-corrected chi connectivity index (χ0v) is 11.4. The van der Waals surface area contributed by atoms with Crippen LogP contribution in [0.3, 0.4) is 0 Å². The van der Waals surface area contributed by atoms with E-state index in [1.54, 1.807) is 16.7 Å². The van der Waals surface area contributed by atoms with Crippen molar-refractivity contribution in [2.75, 3.05) is 0 Å². The van der Waals surface area contributed by atoms with Crippen LogP contribution >= 0.6 is 28.1 Å². The van der Waals surface area contributed by atoms with E-state index >= 15 is 0 Å². The Hall–Kier alpha value is -1.47. The summed E-state index contributed by atoms with van der Waals surface area (Å²) in [5, 5.41) is 3.82. The molecule has 0 radical (unpaired) electrons. The first kappa shape index (κ1) is 11.6. The third kappa shape index (κ3) is 1.89. The van der Waals surface area contributed by atoms with Gasteiger partial charge in [-0.15, -0.1) is 0 Å². The van der Waals surface area contributed by atoms with Gasteiger partial charge in [-0.25, -0.2) is 4.39 Å². The highest BCUT2D eigenvalue weighted by Crippen LogP contribution is 2.23. The van der Waals surface area contributed by atoms with Gasteiger partial charge in [0.2, 0.25) is 0 Å². The second-order valence-electron chi connectivity index (χ2n) is 3.79. The molecule has 0 unspecified atom stereocenters. The van der Waals surface area contributed by atoms with Crippen LogP contribution < -0.4 is 0 Å². The molecule has 7 heteroatoms. The fourth-order valence-electron chi connectivity index (χ4n) is 1.79. The Morgan fingerprint density at radius 2 is 2.33 bits per heavy atom. The van der Waals surface area contributed by atoms with Crippen LogP contribution in [0.25, 0.3) is 11.0 Å². The predicted molar refractivity (Wildman–Crippen MR) is 70.4 cm³/mol. The van der Waals surface area contributed by atoms with Gasteiger partial charge in [-0.3, -0.25) is 0 Å². The number of nitrogens with zero attached hydrogens (tertiary/aromatic N) is 2. The van der Waals surface area contributed by atoms with Crippen LogP contribution in [0.4, 0.5) is 4.39 Å². The lowest BCUT2D eigenvalue weighted by molar-refractivity contribution is 0.410. The van der Waals surface area contributed by atoms with Gasteiger partial charge in [0.15, 0.2) is 4.77 Å². The zero-order valence-electron chi connectivity index (χ0n) is 8.98. The zero-order chi connectivity index (χ0) is 12.7. The molecule has 0 aliphatic rings. The summed E-state index contributed by atoms with van der Waals surface area (Å²) < 4.78 is 21.0. The first-order chi connectivity index (χ1) is 8.65. The summed E-state index contributed by atoms with van der Waals surface area (Å²) in [6, 6.07) is 4.85. The number of aromatic amines is 1. The summed E-state index contributed by atoms with van der Waals surface area (Å²) in [6.45, 7) is 0.441. The lowest BCUT2D eigenvalue weighted by atomic mass is 10.3. The molecule has 0 fully saturated rings. The predicted octanol–water partition coefficient (Wildman–Crippen LogP) is 3.64. The Balaban J connectivity index is 2.19. The molecular formula is C11H7BrFN3OS. The van der Waals surface area contributed by atoms with Crippen LogP contribution in [-0.2, 0) is 6.54 Å². The van der Waals surface area contributed by atoms with Crippen molar-refractivity contribution in [3.63, 3.8) is 0 Å². The van der Waals surface area contributed by atoms with Gasteiger partial charge in [-0.2, -0.15) is 0 Å². The minimum atomic E-state index is -0.328. The number of rotatable bonds is 2. The number of imidazole rings is 1. The summed E-state index contributed by atoms with van der Waals surface area (Å²) in [5.74, 6) is -0.328. The largest absolute Gasteiger partial charge is 0.364 e.